The second-order valence-electron chi connectivity index (χ2n) is 5.04. The van der Waals surface area contributed by atoms with Crippen LogP contribution in [0.25, 0.3) is 0 Å². The van der Waals surface area contributed by atoms with E-state index in [1.807, 2.05) is 6.92 Å². The maximum atomic E-state index is 8.74. The Morgan fingerprint density at radius 3 is 2.94 bits per heavy atom. The van der Waals surface area contributed by atoms with Crippen molar-refractivity contribution in [3.05, 3.63) is 0 Å². The molecule has 0 aromatic carbocycles. The third-order valence-electron chi connectivity index (χ3n) is 4.03. The predicted octanol–water partition coefficient (Wildman–Crippen LogP) is 0.290. The molecule has 3 atom stereocenters. The summed E-state index contributed by atoms with van der Waals surface area (Å²) in [4.78, 5) is 4.92. The molecule has 16 heavy (non-hydrogen) atoms. The maximum Gasteiger partial charge on any atom is 0.156 e. The van der Waals surface area contributed by atoms with E-state index >= 15 is 0 Å². The predicted molar refractivity (Wildman–Crippen MR) is 63.6 cm³/mol. The van der Waals surface area contributed by atoms with E-state index < -0.39 is 0 Å². The fourth-order valence-corrected chi connectivity index (χ4v) is 3.00. The third-order valence-corrected chi connectivity index (χ3v) is 4.03. The van der Waals surface area contributed by atoms with Crippen LogP contribution in [-0.4, -0.2) is 58.6 Å². The molecule has 5 heteroatoms. The topological polar surface area (TPSA) is 65.1 Å². The number of oxime groups is 1. The lowest BCUT2D eigenvalue weighted by molar-refractivity contribution is 0.0492. The van der Waals surface area contributed by atoms with Crippen molar-refractivity contribution in [3.8, 4) is 0 Å². The van der Waals surface area contributed by atoms with Crippen LogP contribution in [0.5, 0.6) is 0 Å². The molecule has 0 aromatic heterocycles. The summed E-state index contributed by atoms with van der Waals surface area (Å²) in [6.45, 7) is 7.61. The lowest BCUT2D eigenvalue weighted by Crippen LogP contribution is -2.59. The molecule has 0 saturated carbocycles. The van der Waals surface area contributed by atoms with Gasteiger partial charge in [-0.15, -0.1) is 0 Å². The van der Waals surface area contributed by atoms with Gasteiger partial charge in [-0.25, -0.2) is 0 Å². The number of fused-ring (bicyclic) bond motifs is 1. The molecule has 0 aliphatic carbocycles. The first-order valence-electron chi connectivity index (χ1n) is 6.10. The molecule has 92 valence electrons. The van der Waals surface area contributed by atoms with Gasteiger partial charge in [-0.05, 0) is 33.2 Å². The standard InChI is InChI=1S/C11H22N4O/c1-8-6-14-5-3-4-10(14)7-15(8)9(2)11(12)13-16/h8-10,16H,3-7H2,1-2H3,(H2,12,13). The van der Waals surface area contributed by atoms with Crippen LogP contribution < -0.4 is 5.73 Å². The highest BCUT2D eigenvalue weighted by atomic mass is 16.4. The van der Waals surface area contributed by atoms with E-state index in [1.54, 1.807) is 0 Å². The number of hydrogen-bond acceptors (Lipinski definition) is 4. The summed E-state index contributed by atoms with van der Waals surface area (Å²) < 4.78 is 0. The molecule has 2 heterocycles. The van der Waals surface area contributed by atoms with Crippen molar-refractivity contribution in [1.29, 1.82) is 0 Å². The van der Waals surface area contributed by atoms with Crippen molar-refractivity contribution in [2.75, 3.05) is 19.6 Å². The number of rotatable bonds is 2. The number of piperazine rings is 1. The Morgan fingerprint density at radius 1 is 1.50 bits per heavy atom. The number of nitrogens with two attached hydrogens (primary N) is 1. The molecule has 0 spiro atoms. The Hall–Kier alpha value is -0.810. The van der Waals surface area contributed by atoms with Crippen LogP contribution in [0.3, 0.4) is 0 Å². The van der Waals surface area contributed by atoms with Crippen LogP contribution in [0, 0.1) is 0 Å². The van der Waals surface area contributed by atoms with Gasteiger partial charge in [-0.1, -0.05) is 5.16 Å². The molecule has 2 aliphatic heterocycles. The summed E-state index contributed by atoms with van der Waals surface area (Å²) in [5.74, 6) is 0.318. The highest BCUT2D eigenvalue weighted by molar-refractivity contribution is 5.84. The minimum atomic E-state index is 0.0303. The van der Waals surface area contributed by atoms with Crippen molar-refractivity contribution >= 4 is 5.84 Å². The quantitative estimate of drug-likeness (QED) is 0.307. The normalized spacial score (nSPS) is 35.0. The summed E-state index contributed by atoms with van der Waals surface area (Å²) in [6, 6.07) is 1.18. The Morgan fingerprint density at radius 2 is 2.25 bits per heavy atom. The molecule has 2 saturated heterocycles. The minimum absolute atomic E-state index is 0.0303. The largest absolute Gasteiger partial charge is 0.409 e. The van der Waals surface area contributed by atoms with Gasteiger partial charge in [0, 0.05) is 25.2 Å². The monoisotopic (exact) mass is 226 g/mol. The molecule has 5 nitrogen and oxygen atoms in total. The first kappa shape index (κ1) is 11.7. The van der Waals surface area contributed by atoms with Gasteiger partial charge in [0.2, 0.25) is 0 Å². The second kappa shape index (κ2) is 4.59. The van der Waals surface area contributed by atoms with Gasteiger partial charge >= 0.3 is 0 Å². The van der Waals surface area contributed by atoms with Gasteiger partial charge < -0.3 is 10.9 Å². The smallest absolute Gasteiger partial charge is 0.156 e. The Balaban J connectivity index is 2.04. The van der Waals surface area contributed by atoms with Crippen LogP contribution in [-0.2, 0) is 0 Å². The first-order valence-corrected chi connectivity index (χ1v) is 6.10. The molecule has 2 rings (SSSR count). The highest BCUT2D eigenvalue weighted by Gasteiger charge is 2.36. The van der Waals surface area contributed by atoms with E-state index in [4.69, 9.17) is 10.9 Å². The lowest BCUT2D eigenvalue weighted by Gasteiger charge is -2.44. The van der Waals surface area contributed by atoms with Crippen molar-refractivity contribution in [2.24, 2.45) is 10.9 Å². The molecule has 3 unspecified atom stereocenters. The molecule has 0 radical (unpaired) electrons. The summed E-state index contributed by atoms with van der Waals surface area (Å²) in [5.41, 5.74) is 5.69. The van der Waals surface area contributed by atoms with Crippen LogP contribution in [0.4, 0.5) is 0 Å². The zero-order chi connectivity index (χ0) is 11.7. The molecular weight excluding hydrogens is 204 g/mol. The second-order valence-corrected chi connectivity index (χ2v) is 5.04. The summed E-state index contributed by atoms with van der Waals surface area (Å²) in [7, 11) is 0. The number of hydrogen-bond donors (Lipinski definition) is 2. The van der Waals surface area contributed by atoms with Crippen molar-refractivity contribution in [3.63, 3.8) is 0 Å². The Labute approximate surface area is 96.9 Å². The van der Waals surface area contributed by atoms with Crippen LogP contribution in [0.1, 0.15) is 26.7 Å². The molecular formula is C11H22N4O. The van der Waals surface area contributed by atoms with E-state index in [-0.39, 0.29) is 6.04 Å². The molecule has 2 fully saturated rings. The minimum Gasteiger partial charge on any atom is -0.409 e. The SMILES string of the molecule is CC1CN2CCCC2CN1C(C)C(N)=NO. The molecule has 0 bridgehead atoms. The summed E-state index contributed by atoms with van der Waals surface area (Å²) in [6.07, 6.45) is 2.59. The van der Waals surface area contributed by atoms with E-state index in [0.717, 1.165) is 13.1 Å². The third kappa shape index (κ3) is 2.01. The molecule has 0 aromatic rings. The number of amidine groups is 1. The fourth-order valence-electron chi connectivity index (χ4n) is 3.00. The van der Waals surface area contributed by atoms with E-state index in [1.165, 1.54) is 19.4 Å². The van der Waals surface area contributed by atoms with E-state index in [0.29, 0.717) is 17.9 Å². The van der Waals surface area contributed by atoms with Crippen molar-refractivity contribution in [2.45, 2.75) is 44.8 Å². The van der Waals surface area contributed by atoms with Gasteiger partial charge in [0.15, 0.2) is 5.84 Å². The van der Waals surface area contributed by atoms with Gasteiger partial charge in [0.25, 0.3) is 0 Å². The fraction of sp³-hybridized carbons (Fsp3) is 0.909. The summed E-state index contributed by atoms with van der Waals surface area (Å²) in [5, 5.41) is 11.9. The van der Waals surface area contributed by atoms with Crippen molar-refractivity contribution < 1.29 is 5.21 Å². The van der Waals surface area contributed by atoms with E-state index in [2.05, 4.69) is 21.9 Å². The lowest BCUT2D eigenvalue weighted by atomic mass is 10.1. The Kier molecular flexibility index (Phi) is 3.35. The molecule has 2 aliphatic rings. The van der Waals surface area contributed by atoms with Gasteiger partial charge in [0.05, 0.1) is 6.04 Å². The van der Waals surface area contributed by atoms with Crippen LogP contribution in [0.2, 0.25) is 0 Å². The van der Waals surface area contributed by atoms with Gasteiger partial charge in [0.1, 0.15) is 0 Å². The molecule has 0 amide bonds. The average molecular weight is 226 g/mol. The van der Waals surface area contributed by atoms with Gasteiger partial charge in [-0.2, -0.15) is 0 Å². The average Bonchev–Trinajstić information content (AvgIpc) is 2.72. The van der Waals surface area contributed by atoms with Crippen LogP contribution in [0.15, 0.2) is 5.16 Å². The maximum absolute atomic E-state index is 8.74. The van der Waals surface area contributed by atoms with E-state index in [9.17, 15) is 0 Å². The van der Waals surface area contributed by atoms with Crippen molar-refractivity contribution in [1.82, 2.24) is 9.80 Å². The zero-order valence-corrected chi connectivity index (χ0v) is 10.1. The Bertz CT molecular complexity index is 281. The van der Waals surface area contributed by atoms with Crippen LogP contribution >= 0.6 is 0 Å². The number of nitrogens with zero attached hydrogens (tertiary/aromatic N) is 3. The highest BCUT2D eigenvalue weighted by Crippen LogP contribution is 2.25. The molecule has 3 N–H and O–H groups in total. The first-order chi connectivity index (χ1) is 7.63. The van der Waals surface area contributed by atoms with Gasteiger partial charge in [-0.3, -0.25) is 9.80 Å². The summed E-state index contributed by atoms with van der Waals surface area (Å²) >= 11 is 0. The zero-order valence-electron chi connectivity index (χ0n) is 10.1.